The van der Waals surface area contributed by atoms with Crippen LogP contribution in [0, 0.1) is 5.41 Å². The van der Waals surface area contributed by atoms with E-state index in [1.165, 1.54) is 5.56 Å². The minimum absolute atomic E-state index is 0.203. The molecule has 1 fully saturated rings. The zero-order valence-electron chi connectivity index (χ0n) is 17.0. The predicted molar refractivity (Wildman–Crippen MR) is 108 cm³/mol. The van der Waals surface area contributed by atoms with Gasteiger partial charge in [-0.3, -0.25) is 10.3 Å². The van der Waals surface area contributed by atoms with Gasteiger partial charge in [0.2, 0.25) is 0 Å². The van der Waals surface area contributed by atoms with Crippen LogP contribution in [-0.2, 0) is 15.9 Å². The molecule has 2 rings (SSSR count). The Balaban J connectivity index is 1.71. The van der Waals surface area contributed by atoms with Crippen molar-refractivity contribution >= 4 is 17.7 Å². The average Bonchev–Trinajstić information content (AvgIpc) is 2.56. The summed E-state index contributed by atoms with van der Waals surface area (Å²) in [4.78, 5) is 16.0. The zero-order valence-corrected chi connectivity index (χ0v) is 17.0. The fourth-order valence-electron chi connectivity index (χ4n) is 2.57. The molecule has 1 aliphatic rings. The molecule has 7 nitrogen and oxygen atoms in total. The standard InChI is InChI=1S/C20H32N4O3/c1-19(2,3)27-18(25)24-16-8-6-15(7-9-16)10-11-22-17(21-5)23-12-20(4)13-26-14-20/h6-9H,10-14H2,1-5H3,(H,24,25)(H2,21,22,23). The van der Waals surface area contributed by atoms with Crippen molar-refractivity contribution < 1.29 is 14.3 Å². The van der Waals surface area contributed by atoms with Gasteiger partial charge in [-0.2, -0.15) is 0 Å². The number of aliphatic imine (C=N–C) groups is 1. The summed E-state index contributed by atoms with van der Waals surface area (Å²) in [5.41, 5.74) is 1.58. The van der Waals surface area contributed by atoms with Crippen LogP contribution in [0.1, 0.15) is 33.3 Å². The number of carbonyl (C=O) groups excluding carboxylic acids is 1. The van der Waals surface area contributed by atoms with Crippen LogP contribution in [-0.4, -0.2) is 51.0 Å². The molecular weight excluding hydrogens is 344 g/mol. The van der Waals surface area contributed by atoms with E-state index in [1.807, 2.05) is 45.0 Å². The molecule has 1 aromatic rings. The molecule has 1 saturated heterocycles. The first-order chi connectivity index (χ1) is 12.7. The Morgan fingerprint density at radius 2 is 1.89 bits per heavy atom. The molecule has 1 amide bonds. The SMILES string of the molecule is CN=C(NCCc1ccc(NC(=O)OC(C)(C)C)cc1)NCC1(C)COC1. The third-order valence-electron chi connectivity index (χ3n) is 4.11. The average molecular weight is 377 g/mol. The Labute approximate surface area is 161 Å². The van der Waals surface area contributed by atoms with E-state index in [1.54, 1.807) is 7.05 Å². The Bertz CT molecular complexity index is 646. The summed E-state index contributed by atoms with van der Waals surface area (Å²) in [6.07, 6.45) is 0.408. The first-order valence-corrected chi connectivity index (χ1v) is 9.30. The van der Waals surface area contributed by atoms with Gasteiger partial charge in [0.1, 0.15) is 5.60 Å². The van der Waals surface area contributed by atoms with E-state index in [9.17, 15) is 4.79 Å². The highest BCUT2D eigenvalue weighted by Crippen LogP contribution is 2.24. The second-order valence-electron chi connectivity index (χ2n) is 8.23. The van der Waals surface area contributed by atoms with E-state index in [2.05, 4.69) is 27.9 Å². The van der Waals surface area contributed by atoms with Crippen molar-refractivity contribution in [1.29, 1.82) is 0 Å². The zero-order chi connectivity index (χ0) is 19.9. The molecule has 0 aromatic heterocycles. The van der Waals surface area contributed by atoms with E-state index in [0.717, 1.165) is 44.4 Å². The molecule has 3 N–H and O–H groups in total. The Hall–Kier alpha value is -2.28. The van der Waals surface area contributed by atoms with Crippen molar-refractivity contribution in [3.05, 3.63) is 29.8 Å². The van der Waals surface area contributed by atoms with Crippen molar-refractivity contribution in [1.82, 2.24) is 10.6 Å². The Morgan fingerprint density at radius 1 is 1.22 bits per heavy atom. The van der Waals surface area contributed by atoms with E-state index in [4.69, 9.17) is 9.47 Å². The summed E-state index contributed by atoms with van der Waals surface area (Å²) in [7, 11) is 1.77. The van der Waals surface area contributed by atoms with Crippen molar-refractivity contribution in [2.24, 2.45) is 10.4 Å². The minimum atomic E-state index is -0.509. The number of ether oxygens (including phenoxy) is 2. The second-order valence-corrected chi connectivity index (χ2v) is 8.23. The highest BCUT2D eigenvalue weighted by molar-refractivity contribution is 5.84. The number of hydrogen-bond acceptors (Lipinski definition) is 4. The van der Waals surface area contributed by atoms with E-state index < -0.39 is 11.7 Å². The van der Waals surface area contributed by atoms with Gasteiger partial charge in [0, 0.05) is 31.2 Å². The third kappa shape index (κ3) is 7.46. The molecule has 1 heterocycles. The number of rotatable bonds is 6. The fourth-order valence-corrected chi connectivity index (χ4v) is 2.57. The first kappa shape index (κ1) is 21.0. The van der Waals surface area contributed by atoms with Crippen LogP contribution in [0.2, 0.25) is 0 Å². The molecule has 27 heavy (non-hydrogen) atoms. The topological polar surface area (TPSA) is 84.0 Å². The minimum Gasteiger partial charge on any atom is -0.444 e. The second kappa shape index (κ2) is 9.08. The monoisotopic (exact) mass is 376 g/mol. The van der Waals surface area contributed by atoms with Crippen LogP contribution >= 0.6 is 0 Å². The summed E-state index contributed by atoms with van der Waals surface area (Å²) in [6.45, 7) is 10.9. The molecule has 0 atom stereocenters. The van der Waals surface area contributed by atoms with Crippen LogP contribution in [0.3, 0.4) is 0 Å². The van der Waals surface area contributed by atoms with Gasteiger partial charge in [0.25, 0.3) is 0 Å². The number of carbonyl (C=O) groups is 1. The van der Waals surface area contributed by atoms with Crippen molar-refractivity contribution in [3.63, 3.8) is 0 Å². The molecule has 0 unspecified atom stereocenters. The van der Waals surface area contributed by atoms with E-state index in [-0.39, 0.29) is 5.41 Å². The number of guanidine groups is 1. The maximum absolute atomic E-state index is 11.8. The van der Waals surface area contributed by atoms with Gasteiger partial charge >= 0.3 is 6.09 Å². The van der Waals surface area contributed by atoms with E-state index >= 15 is 0 Å². The predicted octanol–water partition coefficient (Wildman–Crippen LogP) is 2.78. The first-order valence-electron chi connectivity index (χ1n) is 9.30. The summed E-state index contributed by atoms with van der Waals surface area (Å²) in [6, 6.07) is 7.75. The molecule has 1 aliphatic heterocycles. The van der Waals surface area contributed by atoms with Gasteiger partial charge in [-0.1, -0.05) is 19.1 Å². The van der Waals surface area contributed by atoms with Gasteiger partial charge in [-0.05, 0) is 44.9 Å². The molecule has 150 valence electrons. The van der Waals surface area contributed by atoms with Crippen LogP contribution in [0.15, 0.2) is 29.3 Å². The van der Waals surface area contributed by atoms with Gasteiger partial charge < -0.3 is 20.1 Å². The summed E-state index contributed by atoms with van der Waals surface area (Å²) >= 11 is 0. The third-order valence-corrected chi connectivity index (χ3v) is 4.11. The molecule has 0 saturated carbocycles. The van der Waals surface area contributed by atoms with Crippen molar-refractivity contribution in [2.75, 3.05) is 38.7 Å². The highest BCUT2D eigenvalue weighted by Gasteiger charge is 2.33. The quantitative estimate of drug-likeness (QED) is 0.525. The van der Waals surface area contributed by atoms with E-state index in [0.29, 0.717) is 0 Å². The smallest absolute Gasteiger partial charge is 0.412 e. The highest BCUT2D eigenvalue weighted by atomic mass is 16.6. The normalized spacial score (nSPS) is 16.3. The molecule has 0 aliphatic carbocycles. The number of anilines is 1. The maximum atomic E-state index is 11.8. The molecule has 0 bridgehead atoms. The lowest BCUT2D eigenvalue weighted by Crippen LogP contribution is -2.51. The lowest BCUT2D eigenvalue weighted by Gasteiger charge is -2.38. The lowest BCUT2D eigenvalue weighted by atomic mass is 9.89. The summed E-state index contributed by atoms with van der Waals surface area (Å²) in [5, 5.41) is 9.40. The Morgan fingerprint density at radius 3 is 2.41 bits per heavy atom. The molecule has 0 spiro atoms. The summed E-state index contributed by atoms with van der Waals surface area (Å²) in [5.74, 6) is 0.798. The Kier molecular flexibility index (Phi) is 7.07. The van der Waals surface area contributed by atoms with Crippen LogP contribution in [0.5, 0.6) is 0 Å². The number of benzene rings is 1. The largest absolute Gasteiger partial charge is 0.444 e. The van der Waals surface area contributed by atoms with Crippen LogP contribution in [0.4, 0.5) is 10.5 Å². The fraction of sp³-hybridized carbons (Fsp3) is 0.600. The van der Waals surface area contributed by atoms with Gasteiger partial charge in [-0.25, -0.2) is 4.79 Å². The van der Waals surface area contributed by atoms with Gasteiger partial charge in [0.05, 0.1) is 13.2 Å². The molecule has 7 heteroatoms. The van der Waals surface area contributed by atoms with Crippen LogP contribution in [0.25, 0.3) is 0 Å². The van der Waals surface area contributed by atoms with Crippen molar-refractivity contribution in [3.8, 4) is 0 Å². The van der Waals surface area contributed by atoms with Gasteiger partial charge in [0.15, 0.2) is 5.96 Å². The number of hydrogen-bond donors (Lipinski definition) is 3. The van der Waals surface area contributed by atoms with Crippen molar-refractivity contribution in [2.45, 2.75) is 39.7 Å². The number of nitrogens with zero attached hydrogens (tertiary/aromatic N) is 1. The molecule has 1 aromatic carbocycles. The number of amides is 1. The molecule has 0 radical (unpaired) electrons. The number of nitrogens with one attached hydrogen (secondary N) is 3. The lowest BCUT2D eigenvalue weighted by molar-refractivity contribution is -0.0971. The van der Waals surface area contributed by atoms with Crippen LogP contribution < -0.4 is 16.0 Å². The maximum Gasteiger partial charge on any atom is 0.412 e. The molecular formula is C20H32N4O3. The van der Waals surface area contributed by atoms with Gasteiger partial charge in [-0.15, -0.1) is 0 Å². The summed E-state index contributed by atoms with van der Waals surface area (Å²) < 4.78 is 10.5.